The quantitative estimate of drug-likeness (QED) is 0.811. The van der Waals surface area contributed by atoms with E-state index < -0.39 is 43.1 Å². The summed E-state index contributed by atoms with van der Waals surface area (Å²) < 4.78 is 38.7. The SMILES string of the molecule is CC(C)CC1(CNC(=O)N2C[C@@H](C(F)(F)F)[C@H](C(=O)O)C2)CC1. The molecule has 1 saturated heterocycles. The van der Waals surface area contributed by atoms with Gasteiger partial charge in [0.15, 0.2) is 0 Å². The van der Waals surface area contributed by atoms with E-state index in [1.54, 1.807) is 0 Å². The molecule has 2 atom stereocenters. The lowest BCUT2D eigenvalue weighted by atomic mass is 9.94. The van der Waals surface area contributed by atoms with Crippen LogP contribution in [0.2, 0.25) is 0 Å². The number of urea groups is 1. The van der Waals surface area contributed by atoms with Gasteiger partial charge in [-0.2, -0.15) is 13.2 Å². The van der Waals surface area contributed by atoms with E-state index in [2.05, 4.69) is 19.2 Å². The Labute approximate surface area is 133 Å². The van der Waals surface area contributed by atoms with Crippen LogP contribution >= 0.6 is 0 Å². The van der Waals surface area contributed by atoms with E-state index in [0.29, 0.717) is 12.5 Å². The average Bonchev–Trinajstić information content (AvgIpc) is 3.00. The van der Waals surface area contributed by atoms with Gasteiger partial charge in [0.1, 0.15) is 0 Å². The standard InChI is InChI=1S/C15H23F3N2O3/c1-9(2)5-14(3-4-14)8-19-13(23)20-6-10(12(21)22)11(7-20)15(16,17)18/h9-11H,3-8H2,1-2H3,(H,19,23)(H,21,22)/t10-,11-/m1/s1. The summed E-state index contributed by atoms with van der Waals surface area (Å²) in [4.78, 5) is 24.1. The van der Waals surface area contributed by atoms with Crippen molar-refractivity contribution in [2.24, 2.45) is 23.2 Å². The van der Waals surface area contributed by atoms with Crippen LogP contribution in [0.3, 0.4) is 0 Å². The third-order valence-electron chi connectivity index (χ3n) is 4.76. The molecule has 2 amide bonds. The Kier molecular flexibility index (Phi) is 4.82. The maximum absolute atomic E-state index is 12.9. The van der Waals surface area contributed by atoms with Crippen molar-refractivity contribution in [3.63, 3.8) is 0 Å². The van der Waals surface area contributed by atoms with E-state index in [-0.39, 0.29) is 5.41 Å². The molecule has 0 aromatic rings. The van der Waals surface area contributed by atoms with E-state index in [0.717, 1.165) is 24.2 Å². The first-order valence-electron chi connectivity index (χ1n) is 7.86. The van der Waals surface area contributed by atoms with Gasteiger partial charge in [0, 0.05) is 19.6 Å². The number of halogens is 3. The predicted molar refractivity (Wildman–Crippen MR) is 76.8 cm³/mol. The van der Waals surface area contributed by atoms with Gasteiger partial charge in [-0.25, -0.2) is 4.79 Å². The summed E-state index contributed by atoms with van der Waals surface area (Å²) in [6, 6.07) is -0.599. The first-order valence-corrected chi connectivity index (χ1v) is 7.86. The van der Waals surface area contributed by atoms with Crippen molar-refractivity contribution in [3.8, 4) is 0 Å². The highest BCUT2D eigenvalue weighted by molar-refractivity contribution is 5.77. The van der Waals surface area contributed by atoms with E-state index in [1.165, 1.54) is 0 Å². The summed E-state index contributed by atoms with van der Waals surface area (Å²) in [5.74, 6) is -4.61. The molecule has 0 aromatic carbocycles. The first-order chi connectivity index (χ1) is 10.5. The van der Waals surface area contributed by atoms with Crippen molar-refractivity contribution < 1.29 is 27.9 Å². The lowest BCUT2D eigenvalue weighted by molar-refractivity contribution is -0.187. The number of nitrogens with one attached hydrogen (secondary N) is 1. The molecule has 1 aliphatic heterocycles. The summed E-state index contributed by atoms with van der Waals surface area (Å²) in [6.45, 7) is 3.63. The number of amides is 2. The molecule has 0 unspecified atom stereocenters. The van der Waals surface area contributed by atoms with Crippen LogP contribution in [-0.2, 0) is 4.79 Å². The Hall–Kier alpha value is -1.47. The number of carboxylic acids is 1. The molecule has 132 valence electrons. The number of carboxylic acid groups (broad SMARTS) is 1. The van der Waals surface area contributed by atoms with Crippen molar-refractivity contribution in [2.75, 3.05) is 19.6 Å². The van der Waals surface area contributed by atoms with Crippen molar-refractivity contribution in [3.05, 3.63) is 0 Å². The molecule has 23 heavy (non-hydrogen) atoms. The monoisotopic (exact) mass is 336 g/mol. The highest BCUT2D eigenvalue weighted by Gasteiger charge is 2.53. The summed E-state index contributed by atoms with van der Waals surface area (Å²) >= 11 is 0. The highest BCUT2D eigenvalue weighted by Crippen LogP contribution is 2.50. The van der Waals surface area contributed by atoms with Crippen LogP contribution in [0.25, 0.3) is 0 Å². The smallest absolute Gasteiger partial charge is 0.394 e. The molecule has 0 bridgehead atoms. The van der Waals surface area contributed by atoms with Gasteiger partial charge in [0.05, 0.1) is 11.8 Å². The van der Waals surface area contributed by atoms with Gasteiger partial charge in [0.25, 0.3) is 0 Å². The fourth-order valence-electron chi connectivity index (χ4n) is 3.42. The third-order valence-corrected chi connectivity index (χ3v) is 4.76. The zero-order valence-corrected chi connectivity index (χ0v) is 13.3. The molecule has 5 nitrogen and oxygen atoms in total. The lowest BCUT2D eigenvalue weighted by Gasteiger charge is -2.22. The number of hydrogen-bond donors (Lipinski definition) is 2. The second-order valence-corrected chi connectivity index (χ2v) is 7.25. The van der Waals surface area contributed by atoms with Crippen molar-refractivity contribution in [1.82, 2.24) is 10.2 Å². The van der Waals surface area contributed by atoms with Crippen LogP contribution in [-0.4, -0.2) is 47.8 Å². The number of rotatable bonds is 5. The van der Waals surface area contributed by atoms with Gasteiger partial charge in [-0.15, -0.1) is 0 Å². The molecule has 2 N–H and O–H groups in total. The fraction of sp³-hybridized carbons (Fsp3) is 0.867. The number of likely N-dealkylation sites (tertiary alicyclic amines) is 1. The van der Waals surface area contributed by atoms with Crippen LogP contribution in [0.5, 0.6) is 0 Å². The van der Waals surface area contributed by atoms with Gasteiger partial charge in [-0.1, -0.05) is 13.8 Å². The Bertz CT molecular complexity index is 475. The predicted octanol–water partition coefficient (Wildman–Crippen LogP) is 2.72. The summed E-state index contributed by atoms with van der Waals surface area (Å²) in [7, 11) is 0. The van der Waals surface area contributed by atoms with Gasteiger partial charge in [-0.3, -0.25) is 4.79 Å². The number of aliphatic carboxylic acids is 1. The van der Waals surface area contributed by atoms with Crippen molar-refractivity contribution >= 4 is 12.0 Å². The molecule has 1 saturated carbocycles. The Morgan fingerprint density at radius 3 is 2.30 bits per heavy atom. The van der Waals surface area contributed by atoms with Gasteiger partial charge < -0.3 is 15.3 Å². The summed E-state index contributed by atoms with van der Waals surface area (Å²) in [6.07, 6.45) is -1.63. The minimum absolute atomic E-state index is 0.0686. The van der Waals surface area contributed by atoms with Crippen LogP contribution < -0.4 is 5.32 Å². The number of carbonyl (C=O) groups excluding carboxylic acids is 1. The molecule has 2 rings (SSSR count). The van der Waals surface area contributed by atoms with Gasteiger partial charge >= 0.3 is 18.2 Å². The van der Waals surface area contributed by atoms with Crippen LogP contribution in [0, 0.1) is 23.2 Å². The van der Waals surface area contributed by atoms with Crippen LogP contribution in [0.1, 0.15) is 33.1 Å². The van der Waals surface area contributed by atoms with E-state index >= 15 is 0 Å². The Balaban J connectivity index is 1.92. The number of alkyl halides is 3. The minimum Gasteiger partial charge on any atom is -0.481 e. The minimum atomic E-state index is -4.62. The molecule has 8 heteroatoms. The molecule has 0 spiro atoms. The Morgan fingerprint density at radius 1 is 1.30 bits per heavy atom. The summed E-state index contributed by atoms with van der Waals surface area (Å²) in [5.41, 5.74) is 0.0686. The maximum Gasteiger partial charge on any atom is 0.394 e. The number of hydrogen-bond acceptors (Lipinski definition) is 2. The molecular weight excluding hydrogens is 313 g/mol. The number of nitrogens with zero attached hydrogens (tertiary/aromatic N) is 1. The van der Waals surface area contributed by atoms with E-state index in [1.807, 2.05) is 0 Å². The largest absolute Gasteiger partial charge is 0.481 e. The van der Waals surface area contributed by atoms with Crippen molar-refractivity contribution in [2.45, 2.75) is 39.3 Å². The van der Waals surface area contributed by atoms with Gasteiger partial charge in [-0.05, 0) is 30.6 Å². The zero-order chi connectivity index (χ0) is 17.4. The molecule has 2 fully saturated rings. The third kappa shape index (κ3) is 4.29. The normalized spacial score (nSPS) is 26.4. The van der Waals surface area contributed by atoms with Crippen LogP contribution in [0.15, 0.2) is 0 Å². The highest BCUT2D eigenvalue weighted by atomic mass is 19.4. The number of carbonyl (C=O) groups is 2. The molecular formula is C15H23F3N2O3. The zero-order valence-electron chi connectivity index (χ0n) is 13.3. The van der Waals surface area contributed by atoms with E-state index in [4.69, 9.17) is 5.11 Å². The topological polar surface area (TPSA) is 69.6 Å². The van der Waals surface area contributed by atoms with Crippen LogP contribution in [0.4, 0.5) is 18.0 Å². The molecule has 0 radical (unpaired) electrons. The maximum atomic E-state index is 12.9. The van der Waals surface area contributed by atoms with Gasteiger partial charge in [0.2, 0.25) is 0 Å². The molecule has 2 aliphatic rings. The second kappa shape index (κ2) is 6.20. The second-order valence-electron chi connectivity index (χ2n) is 7.25. The van der Waals surface area contributed by atoms with E-state index in [9.17, 15) is 22.8 Å². The summed E-state index contributed by atoms with van der Waals surface area (Å²) in [5, 5.41) is 11.6. The fourth-order valence-corrected chi connectivity index (χ4v) is 3.42. The molecule has 1 aliphatic carbocycles. The van der Waals surface area contributed by atoms with Crippen molar-refractivity contribution in [1.29, 1.82) is 0 Å². The lowest BCUT2D eigenvalue weighted by Crippen LogP contribution is -2.42. The Morgan fingerprint density at radius 2 is 1.91 bits per heavy atom. The molecule has 0 aromatic heterocycles. The first kappa shape index (κ1) is 17.9. The average molecular weight is 336 g/mol. The molecule has 1 heterocycles.